The van der Waals surface area contributed by atoms with Crippen molar-refractivity contribution in [1.82, 2.24) is 5.32 Å². The van der Waals surface area contributed by atoms with Crippen molar-refractivity contribution in [1.29, 1.82) is 0 Å². The number of aliphatic hydroxyl groups is 5. The molecule has 0 bridgehead atoms. The van der Waals surface area contributed by atoms with Crippen LogP contribution in [-0.4, -0.2) is 87.5 Å². The predicted molar refractivity (Wildman–Crippen MR) is 262 cm³/mol. The van der Waals surface area contributed by atoms with Gasteiger partial charge in [0.05, 0.1) is 25.4 Å². The number of nitrogens with one attached hydrogen (secondary N) is 1. The first-order valence-corrected chi connectivity index (χ1v) is 26.0. The van der Waals surface area contributed by atoms with E-state index in [0.29, 0.717) is 6.42 Å². The molecule has 7 atom stereocenters. The van der Waals surface area contributed by atoms with Gasteiger partial charge in [-0.3, -0.25) is 4.79 Å². The number of amides is 1. The Bertz CT molecular complexity index is 1170. The molecule has 1 rings (SSSR count). The molecule has 1 fully saturated rings. The number of hydrogen-bond acceptors (Lipinski definition) is 8. The molecule has 7 unspecified atom stereocenters. The van der Waals surface area contributed by atoms with Gasteiger partial charge < -0.3 is 40.3 Å². The van der Waals surface area contributed by atoms with Gasteiger partial charge in [0.1, 0.15) is 24.4 Å². The molecule has 0 radical (unpaired) electrons. The summed E-state index contributed by atoms with van der Waals surface area (Å²) < 4.78 is 11.2. The highest BCUT2D eigenvalue weighted by molar-refractivity contribution is 5.76. The number of allylic oxidation sites excluding steroid dienone is 9. The molecule has 1 heterocycles. The third-order valence-electron chi connectivity index (χ3n) is 12.1. The molecule has 0 aromatic carbocycles. The van der Waals surface area contributed by atoms with Gasteiger partial charge in [0, 0.05) is 6.42 Å². The molecule has 0 saturated carbocycles. The van der Waals surface area contributed by atoms with Gasteiger partial charge in [-0.25, -0.2) is 0 Å². The zero-order chi connectivity index (χ0) is 45.9. The van der Waals surface area contributed by atoms with Crippen LogP contribution in [0.25, 0.3) is 0 Å². The smallest absolute Gasteiger partial charge is 0.220 e. The fourth-order valence-corrected chi connectivity index (χ4v) is 7.97. The lowest BCUT2D eigenvalue weighted by Crippen LogP contribution is -2.60. The highest BCUT2D eigenvalue weighted by Crippen LogP contribution is 2.23. The second-order valence-corrected chi connectivity index (χ2v) is 17.9. The minimum absolute atomic E-state index is 0.180. The summed E-state index contributed by atoms with van der Waals surface area (Å²) in [6.07, 6.45) is 51.6. The Kier molecular flexibility index (Phi) is 40.9. The summed E-state index contributed by atoms with van der Waals surface area (Å²) in [5, 5.41) is 54.1. The Morgan fingerprint density at radius 1 is 0.556 bits per heavy atom. The topological polar surface area (TPSA) is 149 Å². The first-order valence-electron chi connectivity index (χ1n) is 26.0. The van der Waals surface area contributed by atoms with Crippen LogP contribution in [0.4, 0.5) is 0 Å². The van der Waals surface area contributed by atoms with Crippen LogP contribution in [0, 0.1) is 0 Å². The van der Waals surface area contributed by atoms with Crippen molar-refractivity contribution in [3.8, 4) is 0 Å². The van der Waals surface area contributed by atoms with E-state index in [9.17, 15) is 30.3 Å². The number of unbranched alkanes of at least 4 members (excludes halogenated alkanes) is 25. The minimum atomic E-state index is -1.56. The van der Waals surface area contributed by atoms with Crippen LogP contribution in [0.1, 0.15) is 219 Å². The summed E-state index contributed by atoms with van der Waals surface area (Å²) >= 11 is 0. The fourth-order valence-electron chi connectivity index (χ4n) is 7.97. The van der Waals surface area contributed by atoms with Gasteiger partial charge >= 0.3 is 0 Å². The van der Waals surface area contributed by atoms with Crippen molar-refractivity contribution in [3.05, 3.63) is 60.8 Å². The first kappa shape index (κ1) is 58.9. The van der Waals surface area contributed by atoms with E-state index < -0.39 is 49.5 Å². The van der Waals surface area contributed by atoms with Gasteiger partial charge in [0.15, 0.2) is 6.29 Å². The van der Waals surface area contributed by atoms with Gasteiger partial charge in [-0.1, -0.05) is 216 Å². The largest absolute Gasteiger partial charge is 0.394 e. The Labute approximate surface area is 386 Å². The van der Waals surface area contributed by atoms with Gasteiger partial charge in [-0.05, 0) is 57.8 Å². The summed E-state index contributed by atoms with van der Waals surface area (Å²) in [6, 6.07) is -0.803. The summed E-state index contributed by atoms with van der Waals surface area (Å²) in [6.45, 7) is 3.63. The molecule has 0 spiro atoms. The Balaban J connectivity index is 2.11. The van der Waals surface area contributed by atoms with Gasteiger partial charge in [-0.15, -0.1) is 0 Å². The Morgan fingerprint density at radius 3 is 1.46 bits per heavy atom. The van der Waals surface area contributed by atoms with E-state index in [-0.39, 0.29) is 12.5 Å². The zero-order valence-corrected chi connectivity index (χ0v) is 40.3. The van der Waals surface area contributed by atoms with Crippen LogP contribution in [0.2, 0.25) is 0 Å². The number of ether oxygens (including phenoxy) is 2. The molecule has 1 saturated heterocycles. The number of carbonyl (C=O) groups is 1. The molecule has 9 nitrogen and oxygen atoms in total. The molecule has 1 amide bonds. The average Bonchev–Trinajstić information content (AvgIpc) is 3.28. The van der Waals surface area contributed by atoms with Gasteiger partial charge in [0.25, 0.3) is 0 Å². The predicted octanol–water partition coefficient (Wildman–Crippen LogP) is 12.0. The quantitative estimate of drug-likeness (QED) is 0.0262. The van der Waals surface area contributed by atoms with Crippen molar-refractivity contribution in [3.63, 3.8) is 0 Å². The van der Waals surface area contributed by atoms with Crippen LogP contribution < -0.4 is 5.32 Å². The second kappa shape index (κ2) is 43.8. The van der Waals surface area contributed by atoms with Crippen molar-refractivity contribution in [2.24, 2.45) is 0 Å². The molecule has 1 aliphatic rings. The molecule has 366 valence electrons. The summed E-state index contributed by atoms with van der Waals surface area (Å²) in [7, 11) is 0. The maximum atomic E-state index is 13.0. The second-order valence-electron chi connectivity index (χ2n) is 17.9. The van der Waals surface area contributed by atoms with Crippen molar-refractivity contribution >= 4 is 5.91 Å². The first-order chi connectivity index (χ1) is 30.8. The fraction of sp³-hybridized carbons (Fsp3) is 0.796. The number of carbonyl (C=O) groups excluding carboxylic acids is 1. The van der Waals surface area contributed by atoms with E-state index in [1.807, 2.05) is 6.08 Å². The average molecular weight is 888 g/mol. The van der Waals surface area contributed by atoms with Crippen LogP contribution in [0.15, 0.2) is 60.8 Å². The molecule has 0 aromatic rings. The maximum Gasteiger partial charge on any atom is 0.220 e. The highest BCUT2D eigenvalue weighted by atomic mass is 16.7. The molecule has 1 aliphatic heterocycles. The molecule has 0 aliphatic carbocycles. The molecule has 0 aromatic heterocycles. The maximum absolute atomic E-state index is 13.0. The monoisotopic (exact) mass is 888 g/mol. The molecular weight excluding hydrogens is 791 g/mol. The van der Waals surface area contributed by atoms with E-state index >= 15 is 0 Å². The van der Waals surface area contributed by atoms with Crippen molar-refractivity contribution in [2.75, 3.05) is 13.2 Å². The van der Waals surface area contributed by atoms with E-state index in [0.717, 1.165) is 64.2 Å². The van der Waals surface area contributed by atoms with Crippen LogP contribution in [0.5, 0.6) is 0 Å². The highest BCUT2D eigenvalue weighted by Gasteiger charge is 2.44. The van der Waals surface area contributed by atoms with Crippen LogP contribution in [-0.2, 0) is 14.3 Å². The van der Waals surface area contributed by atoms with Gasteiger partial charge in [-0.2, -0.15) is 0 Å². The van der Waals surface area contributed by atoms with Crippen LogP contribution >= 0.6 is 0 Å². The SMILES string of the molecule is CC/C=C\C/C=C\C/C=C\C/C=C\CCCCCCCCCCCCCCCCCCCCC(=O)NC(COC1OC(CO)C(O)C(O)C1O)C(O)/C=C/CCCCCCCCC. The summed E-state index contributed by atoms with van der Waals surface area (Å²) in [5.74, 6) is -0.180. The molecule has 9 heteroatoms. The standard InChI is InChI=1S/C54H97NO8/c1-3-5-7-9-11-13-14-15-16-17-18-19-20-21-22-23-24-25-26-27-28-29-30-31-32-33-34-36-38-40-42-44-50(58)55-47(48(57)43-41-39-37-35-12-10-8-6-4-2)46-62-54-53(61)52(60)51(59)49(45-56)63-54/h5,7,11,13,15-16,18-19,41,43,47-49,51-54,56-57,59-61H,3-4,6,8-10,12,14,17,20-40,42,44-46H2,1-2H3,(H,55,58)/b7-5-,13-11-,16-15-,19-18-,43-41+. The number of rotatable bonds is 43. The lowest BCUT2D eigenvalue weighted by atomic mass is 9.99. The van der Waals surface area contributed by atoms with E-state index in [1.54, 1.807) is 6.08 Å². The molecule has 6 N–H and O–H groups in total. The summed E-state index contributed by atoms with van der Waals surface area (Å²) in [4.78, 5) is 13.0. The number of hydrogen-bond donors (Lipinski definition) is 6. The van der Waals surface area contributed by atoms with Crippen molar-refractivity contribution in [2.45, 2.75) is 262 Å². The third-order valence-corrected chi connectivity index (χ3v) is 12.1. The Hall–Kier alpha value is -2.11. The van der Waals surface area contributed by atoms with E-state index in [4.69, 9.17) is 9.47 Å². The van der Waals surface area contributed by atoms with Crippen LogP contribution in [0.3, 0.4) is 0 Å². The number of aliphatic hydroxyl groups excluding tert-OH is 5. The zero-order valence-electron chi connectivity index (χ0n) is 40.3. The van der Waals surface area contributed by atoms with Crippen molar-refractivity contribution < 1.29 is 39.8 Å². The Morgan fingerprint density at radius 2 is 0.984 bits per heavy atom. The van der Waals surface area contributed by atoms with E-state index in [1.165, 1.54) is 135 Å². The lowest BCUT2D eigenvalue weighted by Gasteiger charge is -2.40. The summed E-state index contributed by atoms with van der Waals surface area (Å²) in [5.41, 5.74) is 0. The molecular formula is C54H97NO8. The third kappa shape index (κ3) is 33.9. The lowest BCUT2D eigenvalue weighted by molar-refractivity contribution is -0.302. The van der Waals surface area contributed by atoms with E-state index in [2.05, 4.69) is 67.8 Å². The molecule has 63 heavy (non-hydrogen) atoms. The minimum Gasteiger partial charge on any atom is -0.394 e. The normalized spacial score (nSPS) is 20.7. The van der Waals surface area contributed by atoms with Gasteiger partial charge in [0.2, 0.25) is 5.91 Å².